The number of nitrogens with zero attached hydrogens (tertiary/aromatic N) is 2. The van der Waals surface area contributed by atoms with E-state index < -0.39 is 16.1 Å². The first-order valence-electron chi connectivity index (χ1n) is 11.8. The van der Waals surface area contributed by atoms with Gasteiger partial charge in [-0.05, 0) is 55.2 Å². The molecule has 0 unspecified atom stereocenters. The predicted octanol–water partition coefficient (Wildman–Crippen LogP) is 4.17. The van der Waals surface area contributed by atoms with Crippen LogP contribution >= 0.6 is 0 Å². The zero-order valence-corrected chi connectivity index (χ0v) is 20.9. The average Bonchev–Trinajstić information content (AvgIpc) is 3.37. The summed E-state index contributed by atoms with van der Waals surface area (Å²) < 4.78 is 28.1. The molecule has 3 aromatic carbocycles. The van der Waals surface area contributed by atoms with E-state index in [4.69, 9.17) is 0 Å². The van der Waals surface area contributed by atoms with Crippen LogP contribution in [0.5, 0.6) is 0 Å². The largest absolute Gasteiger partial charge is 0.315 e. The summed E-state index contributed by atoms with van der Waals surface area (Å²) in [7, 11) is -2.15. The highest BCUT2D eigenvalue weighted by Gasteiger charge is 2.39. The van der Waals surface area contributed by atoms with Crippen LogP contribution in [0.3, 0.4) is 0 Å². The van der Waals surface area contributed by atoms with Gasteiger partial charge in [0, 0.05) is 25.7 Å². The summed E-state index contributed by atoms with van der Waals surface area (Å²) in [6.07, 6.45) is 1.65. The normalized spacial score (nSPS) is 16.2. The lowest BCUT2D eigenvalue weighted by Crippen LogP contribution is -2.41. The molecule has 1 saturated heterocycles. The fourth-order valence-corrected chi connectivity index (χ4v) is 6.06. The van der Waals surface area contributed by atoms with Gasteiger partial charge in [0.15, 0.2) is 5.78 Å². The van der Waals surface area contributed by atoms with Crippen molar-refractivity contribution in [3.63, 3.8) is 0 Å². The van der Waals surface area contributed by atoms with Gasteiger partial charge in [0.1, 0.15) is 0 Å². The molecule has 4 rings (SSSR count). The third kappa shape index (κ3) is 5.69. The highest BCUT2D eigenvalue weighted by molar-refractivity contribution is 7.89. The van der Waals surface area contributed by atoms with Crippen LogP contribution in [0, 0.1) is 6.92 Å². The van der Waals surface area contributed by atoms with E-state index in [1.54, 1.807) is 19.2 Å². The predicted molar refractivity (Wildman–Crippen MR) is 137 cm³/mol. The van der Waals surface area contributed by atoms with E-state index in [0.29, 0.717) is 25.1 Å². The van der Waals surface area contributed by atoms with E-state index >= 15 is 0 Å². The summed E-state index contributed by atoms with van der Waals surface area (Å²) in [6, 6.07) is 22.8. The lowest BCUT2D eigenvalue weighted by Gasteiger charge is -2.24. The van der Waals surface area contributed by atoms with Crippen LogP contribution in [0.4, 0.5) is 5.69 Å². The van der Waals surface area contributed by atoms with Gasteiger partial charge >= 0.3 is 0 Å². The van der Waals surface area contributed by atoms with Crippen LogP contribution in [0.25, 0.3) is 0 Å². The molecule has 0 aromatic heterocycles. The van der Waals surface area contributed by atoms with E-state index in [0.717, 1.165) is 16.7 Å². The summed E-state index contributed by atoms with van der Waals surface area (Å²) in [5.74, 6) is -0.175. The second-order valence-electron chi connectivity index (χ2n) is 9.01. The third-order valence-corrected chi connectivity index (χ3v) is 8.40. The molecule has 0 saturated carbocycles. The molecular weight excluding hydrogens is 460 g/mol. The molecule has 35 heavy (non-hydrogen) atoms. The first-order chi connectivity index (χ1) is 16.8. The minimum atomic E-state index is -3.83. The standard InChI is InChI=1S/C28H30N2O4S/c1-21-10-12-23(13-11-21)20-28(32)29(2)24-14-16-25(17-15-24)35(33,34)30-18-6-9-26(30)27(31)19-22-7-4-3-5-8-22/h3-5,7-8,10-17,26H,6,9,18-20H2,1-2H3/t26-/m0/s1. The van der Waals surface area contributed by atoms with E-state index in [-0.39, 0.29) is 29.4 Å². The molecule has 0 bridgehead atoms. The number of Topliss-reactive ketones (excluding diaryl/α,β-unsaturated/α-hetero) is 1. The molecule has 1 atom stereocenters. The van der Waals surface area contributed by atoms with Crippen LogP contribution in [0.2, 0.25) is 0 Å². The summed E-state index contributed by atoms with van der Waals surface area (Å²) in [5, 5.41) is 0. The third-order valence-electron chi connectivity index (χ3n) is 6.48. The van der Waals surface area contributed by atoms with Crippen molar-refractivity contribution in [1.29, 1.82) is 0 Å². The zero-order valence-electron chi connectivity index (χ0n) is 20.1. The molecule has 1 aliphatic rings. The first-order valence-corrected chi connectivity index (χ1v) is 13.2. The van der Waals surface area contributed by atoms with Crippen LogP contribution in [-0.2, 0) is 32.5 Å². The Kier molecular flexibility index (Phi) is 7.48. The Morgan fingerprint density at radius 1 is 0.886 bits per heavy atom. The zero-order chi connectivity index (χ0) is 25.0. The first kappa shape index (κ1) is 24.8. The van der Waals surface area contributed by atoms with Crippen LogP contribution in [0.1, 0.15) is 29.5 Å². The Balaban J connectivity index is 1.45. The van der Waals surface area contributed by atoms with Crippen LogP contribution < -0.4 is 4.90 Å². The maximum atomic E-state index is 13.4. The number of aryl methyl sites for hydroxylation is 1. The maximum absolute atomic E-state index is 13.4. The lowest BCUT2D eigenvalue weighted by molar-refractivity contribution is -0.121. The monoisotopic (exact) mass is 490 g/mol. The number of hydrogen-bond donors (Lipinski definition) is 0. The lowest BCUT2D eigenvalue weighted by atomic mass is 10.0. The molecule has 7 heteroatoms. The van der Waals surface area contributed by atoms with E-state index in [9.17, 15) is 18.0 Å². The Hall–Kier alpha value is -3.29. The number of benzene rings is 3. The van der Waals surface area contributed by atoms with Gasteiger partial charge in [0.2, 0.25) is 15.9 Å². The number of carbonyl (C=O) groups is 2. The second-order valence-corrected chi connectivity index (χ2v) is 10.9. The van der Waals surface area contributed by atoms with Gasteiger partial charge in [-0.2, -0.15) is 4.31 Å². The molecule has 1 heterocycles. The topological polar surface area (TPSA) is 74.8 Å². The van der Waals surface area contributed by atoms with Crippen molar-refractivity contribution >= 4 is 27.4 Å². The highest BCUT2D eigenvalue weighted by Crippen LogP contribution is 2.28. The van der Waals surface area contributed by atoms with Gasteiger partial charge in [-0.25, -0.2) is 8.42 Å². The van der Waals surface area contributed by atoms with Crippen molar-refractivity contribution in [3.8, 4) is 0 Å². The maximum Gasteiger partial charge on any atom is 0.243 e. The molecule has 1 amide bonds. The van der Waals surface area contributed by atoms with Gasteiger partial charge in [-0.1, -0.05) is 60.2 Å². The Labute approximate surface area is 207 Å². The van der Waals surface area contributed by atoms with Crippen LogP contribution in [0.15, 0.2) is 83.8 Å². The highest BCUT2D eigenvalue weighted by atomic mass is 32.2. The molecule has 182 valence electrons. The van der Waals surface area contributed by atoms with Crippen LogP contribution in [-0.4, -0.2) is 44.0 Å². The minimum Gasteiger partial charge on any atom is -0.315 e. The molecule has 1 fully saturated rings. The van der Waals surface area contributed by atoms with Gasteiger partial charge in [-0.3, -0.25) is 9.59 Å². The summed E-state index contributed by atoms with van der Waals surface area (Å²) >= 11 is 0. The molecule has 0 N–H and O–H groups in total. The van der Waals surface area contributed by atoms with E-state index in [2.05, 4.69) is 0 Å². The number of anilines is 1. The van der Waals surface area contributed by atoms with Gasteiger partial charge in [-0.15, -0.1) is 0 Å². The van der Waals surface area contributed by atoms with E-state index in [1.807, 2.05) is 61.5 Å². The van der Waals surface area contributed by atoms with Crippen molar-refractivity contribution in [3.05, 3.63) is 95.6 Å². The van der Waals surface area contributed by atoms with Crippen molar-refractivity contribution in [2.24, 2.45) is 0 Å². The van der Waals surface area contributed by atoms with Crippen molar-refractivity contribution in [2.75, 3.05) is 18.5 Å². The Morgan fingerprint density at radius 3 is 2.17 bits per heavy atom. The van der Waals surface area contributed by atoms with Gasteiger partial charge in [0.05, 0.1) is 17.4 Å². The quantitative estimate of drug-likeness (QED) is 0.475. The molecule has 1 aliphatic heterocycles. The molecule has 0 radical (unpaired) electrons. The number of amides is 1. The number of hydrogen-bond acceptors (Lipinski definition) is 4. The SMILES string of the molecule is Cc1ccc(CC(=O)N(C)c2ccc(S(=O)(=O)N3CCC[C@H]3C(=O)Cc3ccccc3)cc2)cc1. The van der Waals surface area contributed by atoms with Crippen molar-refractivity contribution in [1.82, 2.24) is 4.31 Å². The number of carbonyl (C=O) groups excluding carboxylic acids is 2. The molecule has 3 aromatic rings. The number of ketones is 1. The Bertz CT molecular complexity index is 1290. The molecule has 6 nitrogen and oxygen atoms in total. The molecule has 0 spiro atoms. The average molecular weight is 491 g/mol. The molecular formula is C28H30N2O4S. The summed E-state index contributed by atoms with van der Waals surface area (Å²) in [5.41, 5.74) is 3.55. The Morgan fingerprint density at radius 2 is 1.51 bits per heavy atom. The molecule has 0 aliphatic carbocycles. The number of sulfonamides is 1. The number of likely N-dealkylation sites (N-methyl/N-ethyl adjacent to an activating group) is 1. The number of rotatable bonds is 8. The fraction of sp³-hybridized carbons (Fsp3) is 0.286. The summed E-state index contributed by atoms with van der Waals surface area (Å²) in [4.78, 5) is 27.3. The smallest absolute Gasteiger partial charge is 0.243 e. The van der Waals surface area contributed by atoms with Crippen molar-refractivity contribution < 1.29 is 18.0 Å². The minimum absolute atomic E-state index is 0.0874. The fourth-order valence-electron chi connectivity index (χ4n) is 4.38. The summed E-state index contributed by atoms with van der Waals surface area (Å²) in [6.45, 7) is 2.32. The van der Waals surface area contributed by atoms with Gasteiger partial charge < -0.3 is 4.90 Å². The van der Waals surface area contributed by atoms with Gasteiger partial charge in [0.25, 0.3) is 0 Å². The second kappa shape index (κ2) is 10.5. The van der Waals surface area contributed by atoms with Crippen molar-refractivity contribution in [2.45, 2.75) is 43.5 Å². The van der Waals surface area contributed by atoms with E-state index in [1.165, 1.54) is 21.3 Å².